The molecule has 24 heavy (non-hydrogen) atoms. The number of piperazine rings is 1. The second-order valence-electron chi connectivity index (χ2n) is 6.91. The maximum atomic E-state index is 12.7. The Hall–Kier alpha value is -1.92. The third-order valence-corrected chi connectivity index (χ3v) is 5.30. The van der Waals surface area contributed by atoms with Crippen molar-refractivity contribution in [3.63, 3.8) is 0 Å². The van der Waals surface area contributed by atoms with Gasteiger partial charge in [0.1, 0.15) is 5.82 Å². The largest absolute Gasteiger partial charge is 0.345 e. The molecule has 0 bridgehead atoms. The average molecular weight is 327 g/mol. The molecule has 2 aliphatic rings. The third-order valence-electron chi connectivity index (χ3n) is 5.30. The Morgan fingerprint density at radius 2 is 1.75 bits per heavy atom. The average Bonchev–Trinajstić information content (AvgIpc) is 2.78. The van der Waals surface area contributed by atoms with Crippen LogP contribution in [0, 0.1) is 0 Å². The molecule has 0 spiro atoms. The van der Waals surface area contributed by atoms with Gasteiger partial charge in [0.25, 0.3) is 0 Å². The number of hydrogen-bond acceptors (Lipinski definition) is 4. The van der Waals surface area contributed by atoms with Gasteiger partial charge >= 0.3 is 5.69 Å². The first-order chi connectivity index (χ1) is 11.7. The normalized spacial score (nSPS) is 18.9. The van der Waals surface area contributed by atoms with Gasteiger partial charge in [-0.15, -0.1) is 0 Å². The number of aryl methyl sites for hydroxylation is 1. The molecule has 128 valence electrons. The van der Waals surface area contributed by atoms with Crippen molar-refractivity contribution >= 4 is 0 Å². The highest BCUT2D eigenvalue weighted by molar-refractivity contribution is 5.31. The summed E-state index contributed by atoms with van der Waals surface area (Å²) in [7, 11) is 2.16. The fourth-order valence-electron chi connectivity index (χ4n) is 3.67. The van der Waals surface area contributed by atoms with Crippen LogP contribution in [0.4, 0.5) is 0 Å². The van der Waals surface area contributed by atoms with Gasteiger partial charge in [-0.2, -0.15) is 5.10 Å². The van der Waals surface area contributed by atoms with Gasteiger partial charge in [-0.25, -0.2) is 9.48 Å². The van der Waals surface area contributed by atoms with Crippen molar-refractivity contribution in [1.29, 1.82) is 0 Å². The summed E-state index contributed by atoms with van der Waals surface area (Å²) >= 11 is 0. The summed E-state index contributed by atoms with van der Waals surface area (Å²) in [4.78, 5) is 17.4. The molecule has 1 aromatic heterocycles. The minimum atomic E-state index is 0.0481. The number of likely N-dealkylation sites (N-methyl/N-ethyl adjacent to an activating group) is 1. The predicted molar refractivity (Wildman–Crippen MR) is 93.4 cm³/mol. The minimum Gasteiger partial charge on any atom is -0.304 e. The van der Waals surface area contributed by atoms with Gasteiger partial charge in [0, 0.05) is 45.7 Å². The molecule has 0 aliphatic carbocycles. The zero-order valence-corrected chi connectivity index (χ0v) is 14.3. The molecule has 4 rings (SSSR count). The Labute approximate surface area is 142 Å². The van der Waals surface area contributed by atoms with Crippen LogP contribution in [0.2, 0.25) is 0 Å². The second-order valence-corrected chi connectivity index (χ2v) is 6.91. The zero-order chi connectivity index (χ0) is 16.5. The quantitative estimate of drug-likeness (QED) is 0.821. The molecule has 1 aromatic carbocycles. The van der Waals surface area contributed by atoms with E-state index in [2.05, 4.69) is 46.2 Å². The number of aromatic nitrogens is 3. The molecule has 2 aliphatic heterocycles. The number of nitrogens with zero attached hydrogens (tertiary/aromatic N) is 5. The highest BCUT2D eigenvalue weighted by Crippen LogP contribution is 2.17. The molecule has 3 heterocycles. The highest BCUT2D eigenvalue weighted by Gasteiger charge is 2.19. The van der Waals surface area contributed by atoms with Gasteiger partial charge in [-0.1, -0.05) is 24.3 Å². The van der Waals surface area contributed by atoms with E-state index in [1.165, 1.54) is 11.1 Å². The fourth-order valence-corrected chi connectivity index (χ4v) is 3.67. The van der Waals surface area contributed by atoms with E-state index in [1.807, 2.05) is 4.57 Å². The van der Waals surface area contributed by atoms with E-state index in [0.29, 0.717) is 6.54 Å². The van der Waals surface area contributed by atoms with Crippen LogP contribution in [0.25, 0.3) is 0 Å². The Morgan fingerprint density at radius 1 is 1.00 bits per heavy atom. The summed E-state index contributed by atoms with van der Waals surface area (Å²) in [6.07, 6.45) is 1.67. The van der Waals surface area contributed by atoms with E-state index in [0.717, 1.165) is 57.9 Å². The van der Waals surface area contributed by atoms with Crippen LogP contribution >= 0.6 is 0 Å². The molecule has 0 N–H and O–H groups in total. The second kappa shape index (κ2) is 6.53. The standard InChI is InChI=1S/C18H25N5O/c1-20-8-10-21(11-9-20)12-13-23-18(24)22-7-6-15-4-2-3-5-16(15)14-17(22)19-23/h2-5H,6-14H2,1H3. The summed E-state index contributed by atoms with van der Waals surface area (Å²) in [6, 6.07) is 8.45. The van der Waals surface area contributed by atoms with Gasteiger partial charge in [0.2, 0.25) is 0 Å². The Morgan fingerprint density at radius 3 is 2.54 bits per heavy atom. The molecule has 0 unspecified atom stereocenters. The van der Waals surface area contributed by atoms with E-state index in [9.17, 15) is 4.79 Å². The van der Waals surface area contributed by atoms with E-state index >= 15 is 0 Å². The van der Waals surface area contributed by atoms with Crippen LogP contribution in [0.1, 0.15) is 17.0 Å². The van der Waals surface area contributed by atoms with E-state index in [4.69, 9.17) is 0 Å². The van der Waals surface area contributed by atoms with E-state index in [1.54, 1.807) is 4.68 Å². The molecule has 0 saturated carbocycles. The molecule has 1 fully saturated rings. The van der Waals surface area contributed by atoms with Crippen molar-refractivity contribution in [2.75, 3.05) is 39.8 Å². The number of benzene rings is 1. The van der Waals surface area contributed by atoms with Crippen LogP contribution in [-0.4, -0.2) is 63.9 Å². The molecule has 1 saturated heterocycles. The lowest BCUT2D eigenvalue weighted by molar-refractivity contribution is 0.148. The minimum absolute atomic E-state index is 0.0481. The van der Waals surface area contributed by atoms with E-state index in [-0.39, 0.29) is 5.69 Å². The predicted octanol–water partition coefficient (Wildman–Crippen LogP) is 0.439. The van der Waals surface area contributed by atoms with Crippen molar-refractivity contribution in [3.05, 3.63) is 51.7 Å². The summed E-state index contributed by atoms with van der Waals surface area (Å²) < 4.78 is 3.53. The van der Waals surface area contributed by atoms with Crippen LogP contribution < -0.4 is 5.69 Å². The van der Waals surface area contributed by atoms with Crippen LogP contribution in [0.3, 0.4) is 0 Å². The smallest absolute Gasteiger partial charge is 0.304 e. The Kier molecular flexibility index (Phi) is 4.24. The topological polar surface area (TPSA) is 46.3 Å². The first-order valence-electron chi connectivity index (χ1n) is 8.85. The lowest BCUT2D eigenvalue weighted by Crippen LogP contribution is -2.45. The summed E-state index contributed by atoms with van der Waals surface area (Å²) in [5.41, 5.74) is 2.69. The van der Waals surface area contributed by atoms with E-state index < -0.39 is 0 Å². The van der Waals surface area contributed by atoms with Crippen LogP contribution in [-0.2, 0) is 25.9 Å². The first-order valence-corrected chi connectivity index (χ1v) is 8.85. The Balaban J connectivity index is 1.48. The lowest BCUT2D eigenvalue weighted by atomic mass is 10.0. The maximum absolute atomic E-state index is 12.7. The SMILES string of the molecule is CN1CCN(CCn2nc3n(c2=O)CCc2ccccc2C3)CC1. The van der Waals surface area contributed by atoms with Crippen molar-refractivity contribution in [2.45, 2.75) is 25.9 Å². The molecule has 0 radical (unpaired) electrons. The number of rotatable bonds is 3. The molecular formula is C18H25N5O. The molecule has 0 atom stereocenters. The van der Waals surface area contributed by atoms with Gasteiger partial charge in [0.15, 0.2) is 0 Å². The van der Waals surface area contributed by atoms with Gasteiger partial charge in [-0.3, -0.25) is 9.47 Å². The van der Waals surface area contributed by atoms with Gasteiger partial charge in [0.05, 0.1) is 6.54 Å². The summed E-state index contributed by atoms with van der Waals surface area (Å²) in [5.74, 6) is 0.906. The molecule has 6 nitrogen and oxygen atoms in total. The van der Waals surface area contributed by atoms with Crippen LogP contribution in [0.5, 0.6) is 0 Å². The monoisotopic (exact) mass is 327 g/mol. The zero-order valence-electron chi connectivity index (χ0n) is 14.3. The number of fused-ring (bicyclic) bond motifs is 2. The fraction of sp³-hybridized carbons (Fsp3) is 0.556. The summed E-state index contributed by atoms with van der Waals surface area (Å²) in [5, 5.41) is 4.64. The van der Waals surface area contributed by atoms with Gasteiger partial charge < -0.3 is 4.90 Å². The Bertz CT molecular complexity index is 770. The molecule has 0 amide bonds. The van der Waals surface area contributed by atoms with Gasteiger partial charge in [-0.05, 0) is 24.6 Å². The van der Waals surface area contributed by atoms with Crippen LogP contribution in [0.15, 0.2) is 29.1 Å². The first kappa shape index (κ1) is 15.6. The van der Waals surface area contributed by atoms with Crippen molar-refractivity contribution < 1.29 is 0 Å². The highest BCUT2D eigenvalue weighted by atomic mass is 16.2. The third kappa shape index (κ3) is 3.03. The maximum Gasteiger partial charge on any atom is 0.345 e. The lowest BCUT2D eigenvalue weighted by Gasteiger charge is -2.32. The van der Waals surface area contributed by atoms with Crippen molar-refractivity contribution in [3.8, 4) is 0 Å². The molecule has 2 aromatic rings. The summed E-state index contributed by atoms with van der Waals surface area (Å²) in [6.45, 7) is 6.68. The molecular weight excluding hydrogens is 302 g/mol. The molecule has 6 heteroatoms. The number of hydrogen-bond donors (Lipinski definition) is 0. The van der Waals surface area contributed by atoms with Crippen molar-refractivity contribution in [2.24, 2.45) is 0 Å². The van der Waals surface area contributed by atoms with Crippen molar-refractivity contribution in [1.82, 2.24) is 24.1 Å².